The van der Waals surface area contributed by atoms with E-state index in [4.69, 9.17) is 9.63 Å². The Morgan fingerprint density at radius 2 is 2.15 bits per heavy atom. The summed E-state index contributed by atoms with van der Waals surface area (Å²) in [7, 11) is 0. The smallest absolute Gasteiger partial charge is 0.328 e. The van der Waals surface area contributed by atoms with E-state index < -0.39 is 5.97 Å². The van der Waals surface area contributed by atoms with Crippen molar-refractivity contribution in [3.8, 4) is 0 Å². The SMILES string of the molecule is Cc1cc(C=CC(=O)O)ccc1NC(=O)c1ccno1. The highest BCUT2D eigenvalue weighted by atomic mass is 16.5. The summed E-state index contributed by atoms with van der Waals surface area (Å²) in [6.07, 6.45) is 3.93. The Balaban J connectivity index is 2.14. The minimum absolute atomic E-state index is 0.124. The van der Waals surface area contributed by atoms with Gasteiger partial charge in [0.1, 0.15) is 0 Å². The van der Waals surface area contributed by atoms with Crippen molar-refractivity contribution in [1.29, 1.82) is 0 Å². The molecule has 0 unspecified atom stereocenters. The molecule has 0 saturated heterocycles. The molecule has 1 amide bonds. The van der Waals surface area contributed by atoms with Crippen molar-refractivity contribution >= 4 is 23.6 Å². The van der Waals surface area contributed by atoms with Gasteiger partial charge >= 0.3 is 5.97 Å². The third-order valence-electron chi connectivity index (χ3n) is 2.58. The first-order valence-corrected chi connectivity index (χ1v) is 5.80. The van der Waals surface area contributed by atoms with Crippen LogP contribution in [0.3, 0.4) is 0 Å². The van der Waals surface area contributed by atoms with Crippen molar-refractivity contribution in [3.63, 3.8) is 0 Å². The minimum Gasteiger partial charge on any atom is -0.478 e. The van der Waals surface area contributed by atoms with Crippen molar-refractivity contribution in [2.75, 3.05) is 5.32 Å². The van der Waals surface area contributed by atoms with Crippen LogP contribution in [-0.2, 0) is 4.79 Å². The fourth-order valence-electron chi connectivity index (χ4n) is 1.62. The number of carboxylic acid groups (broad SMARTS) is 1. The van der Waals surface area contributed by atoms with Crippen LogP contribution < -0.4 is 5.32 Å². The van der Waals surface area contributed by atoms with Crippen LogP contribution in [0.1, 0.15) is 21.7 Å². The van der Waals surface area contributed by atoms with Crippen LogP contribution in [0.25, 0.3) is 6.08 Å². The van der Waals surface area contributed by atoms with Gasteiger partial charge in [0.25, 0.3) is 5.91 Å². The molecule has 0 aliphatic carbocycles. The number of aromatic nitrogens is 1. The highest BCUT2D eigenvalue weighted by molar-refractivity contribution is 6.02. The fraction of sp³-hybridized carbons (Fsp3) is 0.0714. The van der Waals surface area contributed by atoms with Crippen LogP contribution >= 0.6 is 0 Å². The molecule has 6 heteroatoms. The van der Waals surface area contributed by atoms with Gasteiger partial charge in [-0.1, -0.05) is 11.2 Å². The zero-order valence-electron chi connectivity index (χ0n) is 10.7. The predicted molar refractivity (Wildman–Crippen MR) is 72.3 cm³/mol. The van der Waals surface area contributed by atoms with Gasteiger partial charge in [0.15, 0.2) is 0 Å². The van der Waals surface area contributed by atoms with Crippen molar-refractivity contribution in [3.05, 3.63) is 53.4 Å². The Labute approximate surface area is 114 Å². The molecule has 2 aromatic rings. The van der Waals surface area contributed by atoms with Crippen LogP contribution in [0.15, 0.2) is 41.1 Å². The van der Waals surface area contributed by atoms with E-state index in [0.717, 1.165) is 17.2 Å². The van der Waals surface area contributed by atoms with Gasteiger partial charge in [-0.3, -0.25) is 4.79 Å². The summed E-state index contributed by atoms with van der Waals surface area (Å²) in [5, 5.41) is 14.7. The number of hydrogen-bond acceptors (Lipinski definition) is 4. The van der Waals surface area contributed by atoms with Gasteiger partial charge in [0.05, 0.1) is 6.20 Å². The minimum atomic E-state index is -1.01. The number of rotatable bonds is 4. The number of carbonyl (C=O) groups is 2. The Kier molecular flexibility index (Phi) is 3.95. The number of carboxylic acids is 1. The number of nitrogens with one attached hydrogen (secondary N) is 1. The first-order chi connectivity index (χ1) is 9.56. The molecule has 102 valence electrons. The third kappa shape index (κ3) is 3.32. The number of hydrogen-bond donors (Lipinski definition) is 2. The van der Waals surface area contributed by atoms with Gasteiger partial charge in [0, 0.05) is 17.8 Å². The Hall–Kier alpha value is -2.89. The maximum atomic E-state index is 11.8. The van der Waals surface area contributed by atoms with E-state index in [1.54, 1.807) is 18.2 Å². The number of aryl methyl sites for hydroxylation is 1. The van der Waals surface area contributed by atoms with Crippen LogP contribution in [-0.4, -0.2) is 22.1 Å². The van der Waals surface area contributed by atoms with Crippen molar-refractivity contribution in [2.24, 2.45) is 0 Å². The summed E-state index contributed by atoms with van der Waals surface area (Å²) in [5.41, 5.74) is 2.17. The van der Waals surface area contributed by atoms with E-state index in [2.05, 4.69) is 10.5 Å². The average Bonchev–Trinajstić information content (AvgIpc) is 2.93. The van der Waals surface area contributed by atoms with Gasteiger partial charge in [-0.25, -0.2) is 4.79 Å². The molecule has 1 aromatic heterocycles. The van der Waals surface area contributed by atoms with E-state index >= 15 is 0 Å². The monoisotopic (exact) mass is 272 g/mol. The summed E-state index contributed by atoms with van der Waals surface area (Å²) in [6, 6.07) is 6.65. The molecule has 0 atom stereocenters. The second-order valence-electron chi connectivity index (χ2n) is 4.08. The van der Waals surface area contributed by atoms with Crippen molar-refractivity contribution in [1.82, 2.24) is 5.16 Å². The Bertz CT molecular complexity index is 660. The van der Waals surface area contributed by atoms with E-state index in [9.17, 15) is 9.59 Å². The van der Waals surface area contributed by atoms with Gasteiger partial charge in [-0.05, 0) is 36.3 Å². The Morgan fingerprint density at radius 3 is 2.75 bits per heavy atom. The van der Waals surface area contributed by atoms with Gasteiger partial charge in [-0.15, -0.1) is 0 Å². The topological polar surface area (TPSA) is 92.4 Å². The van der Waals surface area contributed by atoms with E-state index in [1.165, 1.54) is 18.3 Å². The second kappa shape index (κ2) is 5.83. The molecule has 0 saturated carbocycles. The summed E-state index contributed by atoms with van der Waals surface area (Å²) >= 11 is 0. The van der Waals surface area contributed by atoms with Crippen LogP contribution in [0.2, 0.25) is 0 Å². The predicted octanol–water partition coefficient (Wildman–Crippen LogP) is 2.33. The van der Waals surface area contributed by atoms with Gasteiger partial charge < -0.3 is 14.9 Å². The van der Waals surface area contributed by atoms with E-state index in [0.29, 0.717) is 5.69 Å². The molecule has 0 radical (unpaired) electrons. The molecule has 2 rings (SSSR count). The maximum absolute atomic E-state index is 11.8. The molecule has 6 nitrogen and oxygen atoms in total. The Morgan fingerprint density at radius 1 is 1.35 bits per heavy atom. The number of benzene rings is 1. The molecular weight excluding hydrogens is 260 g/mol. The number of aliphatic carboxylic acids is 1. The number of amides is 1. The standard InChI is InChI=1S/C14H12N2O4/c1-9-8-10(3-5-13(17)18)2-4-11(9)16-14(19)12-6-7-15-20-12/h2-8H,1H3,(H,16,19)(H,17,18). The summed E-state index contributed by atoms with van der Waals surface area (Å²) in [5.74, 6) is -1.27. The van der Waals surface area contributed by atoms with Gasteiger partial charge in [-0.2, -0.15) is 0 Å². The maximum Gasteiger partial charge on any atom is 0.328 e. The molecule has 2 N–H and O–H groups in total. The molecule has 0 spiro atoms. The molecule has 1 heterocycles. The first-order valence-electron chi connectivity index (χ1n) is 5.80. The van der Waals surface area contributed by atoms with Crippen LogP contribution in [0.4, 0.5) is 5.69 Å². The molecule has 1 aromatic carbocycles. The summed E-state index contributed by atoms with van der Waals surface area (Å²) in [4.78, 5) is 22.2. The largest absolute Gasteiger partial charge is 0.478 e. The number of anilines is 1. The highest BCUT2D eigenvalue weighted by Gasteiger charge is 2.11. The summed E-state index contributed by atoms with van der Waals surface area (Å²) in [6.45, 7) is 1.81. The van der Waals surface area contributed by atoms with Gasteiger partial charge in [0.2, 0.25) is 5.76 Å². The highest BCUT2D eigenvalue weighted by Crippen LogP contribution is 2.18. The second-order valence-corrected chi connectivity index (χ2v) is 4.08. The third-order valence-corrected chi connectivity index (χ3v) is 2.58. The number of carbonyl (C=O) groups excluding carboxylic acids is 1. The zero-order valence-corrected chi connectivity index (χ0v) is 10.7. The van der Waals surface area contributed by atoms with Crippen molar-refractivity contribution in [2.45, 2.75) is 6.92 Å². The fourth-order valence-corrected chi connectivity index (χ4v) is 1.62. The number of nitrogens with zero attached hydrogens (tertiary/aromatic N) is 1. The van der Waals surface area contributed by atoms with E-state index in [-0.39, 0.29) is 11.7 Å². The van der Waals surface area contributed by atoms with Crippen LogP contribution in [0, 0.1) is 6.92 Å². The summed E-state index contributed by atoms with van der Waals surface area (Å²) < 4.78 is 4.76. The average molecular weight is 272 g/mol. The molecule has 0 aliphatic heterocycles. The normalized spacial score (nSPS) is 10.7. The quantitative estimate of drug-likeness (QED) is 0.833. The molecule has 0 bridgehead atoms. The molecule has 0 aliphatic rings. The lowest BCUT2D eigenvalue weighted by Gasteiger charge is -2.07. The van der Waals surface area contributed by atoms with E-state index in [1.807, 2.05) is 6.92 Å². The van der Waals surface area contributed by atoms with Crippen LogP contribution in [0.5, 0.6) is 0 Å². The van der Waals surface area contributed by atoms with Crippen molar-refractivity contribution < 1.29 is 19.2 Å². The molecule has 0 fully saturated rings. The lowest BCUT2D eigenvalue weighted by atomic mass is 10.1. The first kappa shape index (κ1) is 13.5. The lowest BCUT2D eigenvalue weighted by Crippen LogP contribution is -2.11. The zero-order chi connectivity index (χ0) is 14.5. The molecular formula is C14H12N2O4. The molecule has 20 heavy (non-hydrogen) atoms. The lowest BCUT2D eigenvalue weighted by molar-refractivity contribution is -0.131.